The summed E-state index contributed by atoms with van der Waals surface area (Å²) in [4.78, 5) is 4.04. The highest BCUT2D eigenvalue weighted by Gasteiger charge is 2.06. The van der Waals surface area contributed by atoms with Crippen molar-refractivity contribution in [2.24, 2.45) is 4.99 Å². The summed E-state index contributed by atoms with van der Waals surface area (Å²) in [6.07, 6.45) is 3.16. The van der Waals surface area contributed by atoms with Gasteiger partial charge in [0.2, 0.25) is 0 Å². The van der Waals surface area contributed by atoms with E-state index in [2.05, 4.69) is 15.6 Å². The van der Waals surface area contributed by atoms with Crippen molar-refractivity contribution in [2.45, 2.75) is 12.3 Å². The number of hydrogen-bond acceptors (Lipinski definition) is 4. The molecule has 0 unspecified atom stereocenters. The molecule has 0 spiro atoms. The van der Waals surface area contributed by atoms with Crippen LogP contribution in [0.3, 0.4) is 0 Å². The minimum absolute atomic E-state index is 0. The van der Waals surface area contributed by atoms with E-state index in [1.165, 1.54) is 18.4 Å². The maximum absolute atomic E-state index is 13.3. The number of nitrogens with one attached hydrogen (secondary N) is 2. The number of hydrogen-bond donors (Lipinski definition) is 2. The summed E-state index contributed by atoms with van der Waals surface area (Å²) in [5.74, 6) is 1.04. The predicted octanol–water partition coefficient (Wildman–Crippen LogP) is 2.02. The molecule has 0 bridgehead atoms. The van der Waals surface area contributed by atoms with Crippen LogP contribution >= 0.6 is 35.7 Å². The van der Waals surface area contributed by atoms with Crippen molar-refractivity contribution in [3.8, 4) is 0 Å². The standard InChI is InChI=1S/C14H22FN3O2S2.HI/c1-16-14(17-6-7-22(3,19)20)18-9-11-4-5-13(15)8-12(11)10-21-2;/h4-5,8H,6-7,9-10H2,1-3H3,(H2,16,17,18);1H. The second kappa shape index (κ2) is 11.1. The molecule has 0 aromatic heterocycles. The van der Waals surface area contributed by atoms with Crippen molar-refractivity contribution in [3.63, 3.8) is 0 Å². The lowest BCUT2D eigenvalue weighted by Gasteiger charge is -2.14. The van der Waals surface area contributed by atoms with Gasteiger partial charge in [-0.3, -0.25) is 4.99 Å². The summed E-state index contributed by atoms with van der Waals surface area (Å²) in [5, 5.41) is 6.04. The molecule has 132 valence electrons. The lowest BCUT2D eigenvalue weighted by atomic mass is 10.1. The van der Waals surface area contributed by atoms with E-state index in [-0.39, 0.29) is 35.5 Å². The number of guanidine groups is 1. The van der Waals surface area contributed by atoms with Gasteiger partial charge in [-0.25, -0.2) is 12.8 Å². The topological polar surface area (TPSA) is 70.6 Å². The number of benzene rings is 1. The van der Waals surface area contributed by atoms with E-state index >= 15 is 0 Å². The molecule has 1 aromatic rings. The summed E-state index contributed by atoms with van der Waals surface area (Å²) in [6.45, 7) is 0.786. The van der Waals surface area contributed by atoms with Gasteiger partial charge in [0.1, 0.15) is 15.7 Å². The fraction of sp³-hybridized carbons (Fsp3) is 0.500. The number of halogens is 2. The van der Waals surface area contributed by atoms with Gasteiger partial charge >= 0.3 is 0 Å². The molecular weight excluding hydrogens is 452 g/mol. The van der Waals surface area contributed by atoms with Gasteiger partial charge < -0.3 is 10.6 Å². The molecule has 1 aromatic carbocycles. The maximum atomic E-state index is 13.3. The van der Waals surface area contributed by atoms with Gasteiger partial charge in [-0.2, -0.15) is 11.8 Å². The van der Waals surface area contributed by atoms with Gasteiger partial charge in [-0.05, 0) is 29.5 Å². The van der Waals surface area contributed by atoms with Crippen molar-refractivity contribution in [3.05, 3.63) is 35.1 Å². The van der Waals surface area contributed by atoms with Gasteiger partial charge in [0.15, 0.2) is 5.96 Å². The Labute approximate surface area is 158 Å². The van der Waals surface area contributed by atoms with Crippen LogP contribution in [0.15, 0.2) is 23.2 Å². The number of thioether (sulfide) groups is 1. The highest BCUT2D eigenvalue weighted by Crippen LogP contribution is 2.16. The molecule has 9 heteroatoms. The van der Waals surface area contributed by atoms with Crippen LogP contribution < -0.4 is 10.6 Å². The minimum Gasteiger partial charge on any atom is -0.355 e. The summed E-state index contributed by atoms with van der Waals surface area (Å²) in [5.41, 5.74) is 1.92. The third-order valence-corrected chi connectivity index (χ3v) is 4.45. The fourth-order valence-electron chi connectivity index (χ4n) is 1.81. The van der Waals surface area contributed by atoms with Crippen molar-refractivity contribution in [1.82, 2.24) is 10.6 Å². The fourth-order valence-corrected chi connectivity index (χ4v) is 2.86. The van der Waals surface area contributed by atoms with E-state index in [1.807, 2.05) is 6.26 Å². The molecule has 2 N–H and O–H groups in total. The highest BCUT2D eigenvalue weighted by atomic mass is 127. The van der Waals surface area contributed by atoms with Crippen molar-refractivity contribution >= 4 is 51.5 Å². The zero-order valence-corrected chi connectivity index (χ0v) is 17.4. The van der Waals surface area contributed by atoms with Gasteiger partial charge in [0.05, 0.1) is 5.75 Å². The Hall–Kier alpha value is -0.550. The lowest BCUT2D eigenvalue weighted by molar-refractivity contribution is 0.600. The molecule has 0 aliphatic rings. The highest BCUT2D eigenvalue weighted by molar-refractivity contribution is 14.0. The average molecular weight is 475 g/mol. The van der Waals surface area contributed by atoms with Crippen molar-refractivity contribution in [2.75, 3.05) is 31.9 Å². The lowest BCUT2D eigenvalue weighted by Crippen LogP contribution is -2.39. The van der Waals surface area contributed by atoms with Gasteiger partial charge in [-0.1, -0.05) is 6.07 Å². The zero-order chi connectivity index (χ0) is 16.6. The van der Waals surface area contributed by atoms with E-state index in [4.69, 9.17) is 0 Å². The number of aliphatic imine (C=N–C) groups is 1. The first-order valence-corrected chi connectivity index (χ1v) is 10.2. The Balaban J connectivity index is 0.00000484. The summed E-state index contributed by atoms with van der Waals surface area (Å²) < 4.78 is 35.5. The molecule has 0 aliphatic heterocycles. The third kappa shape index (κ3) is 9.36. The monoisotopic (exact) mass is 475 g/mol. The molecule has 1 rings (SSSR count). The molecule has 0 saturated heterocycles. The zero-order valence-electron chi connectivity index (χ0n) is 13.4. The Morgan fingerprint density at radius 2 is 2.00 bits per heavy atom. The molecule has 0 saturated carbocycles. The Kier molecular flexibility index (Phi) is 10.8. The minimum atomic E-state index is -3.00. The Morgan fingerprint density at radius 3 is 2.57 bits per heavy atom. The number of nitrogens with zero attached hydrogens (tertiary/aromatic N) is 1. The van der Waals surface area contributed by atoms with Crippen LogP contribution in [0.4, 0.5) is 4.39 Å². The van der Waals surface area contributed by atoms with E-state index in [1.54, 1.807) is 24.9 Å². The van der Waals surface area contributed by atoms with Crippen LogP contribution in [-0.4, -0.2) is 46.2 Å². The smallest absolute Gasteiger partial charge is 0.191 e. The SMILES string of the molecule is CN=C(NCCS(C)(=O)=O)NCc1ccc(F)cc1CSC.I. The largest absolute Gasteiger partial charge is 0.355 e. The molecule has 0 fully saturated rings. The second-order valence-corrected chi connectivity index (χ2v) is 7.95. The predicted molar refractivity (Wildman–Crippen MR) is 107 cm³/mol. The van der Waals surface area contributed by atoms with Gasteiger partial charge in [0.25, 0.3) is 0 Å². The summed E-state index contributed by atoms with van der Waals surface area (Å²) >= 11 is 1.63. The van der Waals surface area contributed by atoms with Crippen LogP contribution in [0.2, 0.25) is 0 Å². The van der Waals surface area contributed by atoms with E-state index in [0.717, 1.165) is 16.9 Å². The summed E-state index contributed by atoms with van der Waals surface area (Å²) in [6, 6.07) is 4.71. The van der Waals surface area contributed by atoms with E-state index in [0.29, 0.717) is 19.0 Å². The van der Waals surface area contributed by atoms with Crippen molar-refractivity contribution < 1.29 is 12.8 Å². The molecular formula is C14H23FIN3O2S2. The van der Waals surface area contributed by atoms with Crippen LogP contribution in [0.25, 0.3) is 0 Å². The number of rotatable bonds is 7. The van der Waals surface area contributed by atoms with Crippen molar-refractivity contribution in [1.29, 1.82) is 0 Å². The van der Waals surface area contributed by atoms with E-state index in [9.17, 15) is 12.8 Å². The normalized spacial score (nSPS) is 11.7. The molecule has 0 aliphatic carbocycles. The molecule has 5 nitrogen and oxygen atoms in total. The van der Waals surface area contributed by atoms with Crippen LogP contribution in [0.5, 0.6) is 0 Å². The van der Waals surface area contributed by atoms with Gasteiger partial charge in [0, 0.05) is 32.1 Å². The Morgan fingerprint density at radius 1 is 1.30 bits per heavy atom. The van der Waals surface area contributed by atoms with Crippen LogP contribution in [-0.2, 0) is 22.1 Å². The average Bonchev–Trinajstić information content (AvgIpc) is 2.43. The first kappa shape index (κ1) is 22.4. The van der Waals surface area contributed by atoms with E-state index < -0.39 is 9.84 Å². The molecule has 23 heavy (non-hydrogen) atoms. The van der Waals surface area contributed by atoms with Crippen LogP contribution in [0.1, 0.15) is 11.1 Å². The molecule has 0 radical (unpaired) electrons. The second-order valence-electron chi connectivity index (χ2n) is 4.83. The Bertz CT molecular complexity index is 624. The molecule has 0 heterocycles. The maximum Gasteiger partial charge on any atom is 0.191 e. The van der Waals surface area contributed by atoms with Crippen LogP contribution in [0, 0.1) is 5.82 Å². The molecule has 0 atom stereocenters. The first-order valence-electron chi connectivity index (χ1n) is 6.74. The number of sulfone groups is 1. The quantitative estimate of drug-likeness (QED) is 0.359. The van der Waals surface area contributed by atoms with Gasteiger partial charge in [-0.15, -0.1) is 24.0 Å². The first-order chi connectivity index (χ1) is 10.4. The summed E-state index contributed by atoms with van der Waals surface area (Å²) in [7, 11) is -1.39. The molecule has 0 amide bonds. The third-order valence-electron chi connectivity index (χ3n) is 2.90.